The van der Waals surface area contributed by atoms with Crippen molar-refractivity contribution >= 4 is 54.1 Å². The first kappa shape index (κ1) is 21.7. The summed E-state index contributed by atoms with van der Waals surface area (Å²) >= 11 is 0. The van der Waals surface area contributed by atoms with Crippen molar-refractivity contribution in [2.45, 2.75) is 13.8 Å². The van der Waals surface area contributed by atoms with Crippen LogP contribution in [0.4, 0.5) is 0 Å². The van der Waals surface area contributed by atoms with E-state index in [4.69, 9.17) is 0 Å². The fraction of sp³-hybridized carbons (Fsp3) is 0.0909. The lowest BCUT2D eigenvalue weighted by Gasteiger charge is -2.09. The Kier molecular flexibility index (Phi) is 6.01. The van der Waals surface area contributed by atoms with Crippen LogP contribution in [0.15, 0.2) is 121 Å². The SMILES string of the molecule is CC.Cn1c2ccccc2c2ccccc21.c1ccc2c(c1)c1ccccc1c1ccccc21. The van der Waals surface area contributed by atoms with E-state index < -0.39 is 0 Å². The number of aryl methyl sites for hydroxylation is 1. The van der Waals surface area contributed by atoms with Gasteiger partial charge in [-0.25, -0.2) is 0 Å². The van der Waals surface area contributed by atoms with Crippen LogP contribution in [0.1, 0.15) is 13.8 Å². The number of hydrogen-bond donors (Lipinski definition) is 0. The second-order valence-electron chi connectivity index (χ2n) is 8.23. The first-order chi connectivity index (χ1) is 16.8. The molecule has 0 aliphatic heterocycles. The molecule has 0 spiro atoms. The molecule has 6 aromatic carbocycles. The predicted octanol–water partition coefficient (Wildman–Crippen LogP) is 9.50. The Bertz CT molecular complexity index is 1460. The second kappa shape index (κ2) is 9.41. The molecule has 0 aliphatic rings. The van der Waals surface area contributed by atoms with Gasteiger partial charge in [-0.15, -0.1) is 0 Å². The van der Waals surface area contributed by atoms with Gasteiger partial charge < -0.3 is 4.57 Å². The van der Waals surface area contributed by atoms with Crippen molar-refractivity contribution in [3.8, 4) is 0 Å². The molecule has 0 N–H and O–H groups in total. The van der Waals surface area contributed by atoms with Gasteiger partial charge in [0, 0.05) is 28.9 Å². The molecule has 1 heteroatoms. The molecule has 0 saturated heterocycles. The highest BCUT2D eigenvalue weighted by Crippen LogP contribution is 2.34. The van der Waals surface area contributed by atoms with E-state index in [2.05, 4.69) is 133 Å². The van der Waals surface area contributed by atoms with Gasteiger partial charge in [-0.1, -0.05) is 123 Å². The fourth-order valence-electron chi connectivity index (χ4n) is 4.98. The molecule has 1 heterocycles. The van der Waals surface area contributed by atoms with E-state index in [1.54, 1.807) is 0 Å². The van der Waals surface area contributed by atoms with Gasteiger partial charge in [-0.05, 0) is 44.5 Å². The standard InChI is InChI=1S/C18H12.C13H11N.C2H6/c1-2-8-14-13(7-1)15-9-3-4-11-17(15)18-12-6-5-10-16(14)18;1-14-12-8-4-2-6-10(12)11-7-3-5-9-13(11)14;1-2/h1-12H;2-9H,1H3;1-2H3. The van der Waals surface area contributed by atoms with Crippen molar-refractivity contribution < 1.29 is 0 Å². The number of nitrogens with zero attached hydrogens (tertiary/aromatic N) is 1. The van der Waals surface area contributed by atoms with Crippen LogP contribution in [0.2, 0.25) is 0 Å². The number of hydrogen-bond acceptors (Lipinski definition) is 0. The van der Waals surface area contributed by atoms with Gasteiger partial charge in [0.15, 0.2) is 0 Å². The van der Waals surface area contributed by atoms with E-state index in [-0.39, 0.29) is 0 Å². The molecule has 7 aromatic rings. The van der Waals surface area contributed by atoms with Crippen molar-refractivity contribution in [1.82, 2.24) is 4.57 Å². The highest BCUT2D eigenvalue weighted by atomic mass is 14.9. The quantitative estimate of drug-likeness (QED) is 0.207. The third-order valence-electron chi connectivity index (χ3n) is 6.47. The summed E-state index contributed by atoms with van der Waals surface area (Å²) < 4.78 is 2.24. The number of para-hydroxylation sites is 2. The third kappa shape index (κ3) is 3.60. The maximum atomic E-state index is 2.24. The minimum Gasteiger partial charge on any atom is -0.344 e. The lowest BCUT2D eigenvalue weighted by molar-refractivity contribution is 1.01. The summed E-state index contributed by atoms with van der Waals surface area (Å²) in [4.78, 5) is 0. The van der Waals surface area contributed by atoms with Crippen LogP contribution in [-0.4, -0.2) is 4.57 Å². The van der Waals surface area contributed by atoms with Crippen LogP contribution in [-0.2, 0) is 7.05 Å². The van der Waals surface area contributed by atoms with E-state index in [1.165, 1.54) is 54.1 Å². The van der Waals surface area contributed by atoms with Crippen molar-refractivity contribution in [2.24, 2.45) is 7.05 Å². The highest BCUT2D eigenvalue weighted by Gasteiger charge is 2.06. The van der Waals surface area contributed by atoms with Gasteiger partial charge in [-0.2, -0.15) is 0 Å². The number of aromatic nitrogens is 1. The molecule has 0 atom stereocenters. The molecule has 0 unspecified atom stereocenters. The summed E-state index contributed by atoms with van der Waals surface area (Å²) in [5.74, 6) is 0. The van der Waals surface area contributed by atoms with Gasteiger partial charge in [0.2, 0.25) is 0 Å². The normalized spacial score (nSPS) is 10.8. The van der Waals surface area contributed by atoms with E-state index >= 15 is 0 Å². The van der Waals surface area contributed by atoms with Crippen LogP contribution >= 0.6 is 0 Å². The second-order valence-corrected chi connectivity index (χ2v) is 8.23. The van der Waals surface area contributed by atoms with Crippen molar-refractivity contribution in [1.29, 1.82) is 0 Å². The smallest absolute Gasteiger partial charge is 0.0488 e. The monoisotopic (exact) mass is 439 g/mol. The minimum atomic E-state index is 1.30. The maximum absolute atomic E-state index is 2.24. The van der Waals surface area contributed by atoms with E-state index in [0.717, 1.165) is 0 Å². The number of fused-ring (bicyclic) bond motifs is 9. The summed E-state index contributed by atoms with van der Waals surface area (Å²) in [5, 5.41) is 10.7. The molecular formula is C33H29N. The Morgan fingerprint density at radius 1 is 0.324 bits per heavy atom. The Hall–Kier alpha value is -4.10. The highest BCUT2D eigenvalue weighted by molar-refractivity contribution is 6.25. The van der Waals surface area contributed by atoms with Crippen molar-refractivity contribution in [2.75, 3.05) is 0 Å². The van der Waals surface area contributed by atoms with Gasteiger partial charge >= 0.3 is 0 Å². The lowest BCUT2D eigenvalue weighted by atomic mass is 9.95. The first-order valence-corrected chi connectivity index (χ1v) is 12.0. The fourth-order valence-corrected chi connectivity index (χ4v) is 4.98. The van der Waals surface area contributed by atoms with Crippen molar-refractivity contribution in [3.63, 3.8) is 0 Å². The number of benzene rings is 6. The lowest BCUT2D eigenvalue weighted by Crippen LogP contribution is -1.84. The maximum Gasteiger partial charge on any atom is 0.0488 e. The van der Waals surface area contributed by atoms with Crippen LogP contribution in [0.5, 0.6) is 0 Å². The number of rotatable bonds is 0. The third-order valence-corrected chi connectivity index (χ3v) is 6.47. The molecule has 166 valence electrons. The summed E-state index contributed by atoms with van der Waals surface area (Å²) in [7, 11) is 2.12. The Morgan fingerprint density at radius 3 is 0.794 bits per heavy atom. The Morgan fingerprint density at radius 2 is 0.529 bits per heavy atom. The Labute approximate surface area is 200 Å². The molecule has 0 aliphatic carbocycles. The van der Waals surface area contributed by atoms with E-state index in [0.29, 0.717) is 0 Å². The van der Waals surface area contributed by atoms with Crippen LogP contribution in [0, 0.1) is 0 Å². The summed E-state index contributed by atoms with van der Waals surface area (Å²) in [5.41, 5.74) is 2.60. The van der Waals surface area contributed by atoms with Crippen LogP contribution in [0.25, 0.3) is 54.1 Å². The zero-order chi connectivity index (χ0) is 23.5. The van der Waals surface area contributed by atoms with E-state index in [9.17, 15) is 0 Å². The molecule has 0 amide bonds. The molecule has 7 rings (SSSR count). The predicted molar refractivity (Wildman–Crippen MR) is 151 cm³/mol. The molecular weight excluding hydrogens is 410 g/mol. The topological polar surface area (TPSA) is 4.93 Å². The minimum absolute atomic E-state index is 1.30. The zero-order valence-corrected chi connectivity index (χ0v) is 20.0. The van der Waals surface area contributed by atoms with Gasteiger partial charge in [-0.3, -0.25) is 0 Å². The zero-order valence-electron chi connectivity index (χ0n) is 20.0. The largest absolute Gasteiger partial charge is 0.344 e. The molecule has 0 radical (unpaired) electrons. The Balaban J connectivity index is 0.000000136. The van der Waals surface area contributed by atoms with Crippen LogP contribution < -0.4 is 0 Å². The summed E-state index contributed by atoms with van der Waals surface area (Å²) in [6.07, 6.45) is 0. The summed E-state index contributed by atoms with van der Waals surface area (Å²) in [6.45, 7) is 4.00. The van der Waals surface area contributed by atoms with Gasteiger partial charge in [0.1, 0.15) is 0 Å². The molecule has 1 aromatic heterocycles. The average Bonchev–Trinajstić information content (AvgIpc) is 3.23. The van der Waals surface area contributed by atoms with Gasteiger partial charge in [0.05, 0.1) is 0 Å². The molecule has 0 fully saturated rings. The molecule has 34 heavy (non-hydrogen) atoms. The average molecular weight is 440 g/mol. The van der Waals surface area contributed by atoms with Crippen LogP contribution in [0.3, 0.4) is 0 Å². The van der Waals surface area contributed by atoms with Gasteiger partial charge in [0.25, 0.3) is 0 Å². The van der Waals surface area contributed by atoms with Crippen molar-refractivity contribution in [3.05, 3.63) is 121 Å². The molecule has 1 nitrogen and oxygen atoms in total. The first-order valence-electron chi connectivity index (χ1n) is 12.0. The van der Waals surface area contributed by atoms with E-state index in [1.807, 2.05) is 13.8 Å². The molecule has 0 saturated carbocycles. The molecule has 0 bridgehead atoms. The summed E-state index contributed by atoms with van der Waals surface area (Å²) in [6, 6.07) is 43.0.